The predicted octanol–water partition coefficient (Wildman–Crippen LogP) is 5.08. The van der Waals surface area contributed by atoms with Gasteiger partial charge in [0.15, 0.2) is 0 Å². The average molecular weight is 319 g/mol. The lowest BCUT2D eigenvalue weighted by atomic mass is 10.1. The quantitative estimate of drug-likeness (QED) is 0.616. The first-order valence-corrected chi connectivity index (χ1v) is 7.82. The van der Waals surface area contributed by atoms with Gasteiger partial charge in [-0.1, -0.05) is 17.7 Å². The van der Waals surface area contributed by atoms with Crippen molar-refractivity contribution >= 4 is 34.2 Å². The molecule has 21 heavy (non-hydrogen) atoms. The van der Waals surface area contributed by atoms with E-state index in [0.29, 0.717) is 10.9 Å². The number of aromatic nitrogens is 2. The number of nitrogens with zero attached hydrogens (tertiary/aromatic N) is 2. The average Bonchev–Trinajstić information content (AvgIpc) is 2.79. The van der Waals surface area contributed by atoms with Crippen molar-refractivity contribution in [1.29, 1.82) is 0 Å². The molecule has 0 atom stereocenters. The Morgan fingerprint density at radius 1 is 1.05 bits per heavy atom. The minimum atomic E-state index is 0.544. The van der Waals surface area contributed by atoms with Crippen LogP contribution in [0.5, 0.6) is 0 Å². The molecule has 1 aromatic heterocycles. The second kappa shape index (κ2) is 5.70. The Bertz CT molecular complexity index is 806. The lowest BCUT2D eigenvalue weighted by Crippen LogP contribution is -2.02. The summed E-state index contributed by atoms with van der Waals surface area (Å²) >= 11 is 12.0. The van der Waals surface area contributed by atoms with Crippen molar-refractivity contribution in [2.75, 3.05) is 5.88 Å². The largest absolute Gasteiger partial charge is 0.296 e. The molecule has 0 fully saturated rings. The maximum Gasteiger partial charge on any atom is 0.115 e. The van der Waals surface area contributed by atoms with Crippen LogP contribution in [0.2, 0.25) is 5.02 Å². The highest BCUT2D eigenvalue weighted by Gasteiger charge is 2.13. The van der Waals surface area contributed by atoms with Gasteiger partial charge in [0.1, 0.15) is 5.82 Å². The lowest BCUT2D eigenvalue weighted by Gasteiger charge is -2.11. The Labute approximate surface area is 134 Å². The van der Waals surface area contributed by atoms with Crippen molar-refractivity contribution in [3.63, 3.8) is 0 Å². The zero-order valence-electron chi connectivity index (χ0n) is 12.0. The van der Waals surface area contributed by atoms with Crippen molar-refractivity contribution in [2.24, 2.45) is 0 Å². The summed E-state index contributed by atoms with van der Waals surface area (Å²) in [4.78, 5) is 4.69. The van der Waals surface area contributed by atoms with Crippen LogP contribution in [0.3, 0.4) is 0 Å². The van der Waals surface area contributed by atoms with Gasteiger partial charge in [0.2, 0.25) is 0 Å². The number of rotatable bonds is 3. The zero-order chi connectivity index (χ0) is 15.0. The van der Waals surface area contributed by atoms with Crippen molar-refractivity contribution in [3.05, 3.63) is 58.4 Å². The first kappa shape index (κ1) is 14.4. The van der Waals surface area contributed by atoms with E-state index in [2.05, 4.69) is 41.6 Å². The Balaban J connectivity index is 2.27. The number of benzene rings is 2. The molecule has 0 N–H and O–H groups in total. The van der Waals surface area contributed by atoms with Crippen LogP contribution in [-0.2, 0) is 6.42 Å². The first-order valence-electron chi connectivity index (χ1n) is 6.90. The first-order chi connectivity index (χ1) is 10.1. The lowest BCUT2D eigenvalue weighted by molar-refractivity contribution is 0.911. The number of aryl methyl sites for hydroxylation is 3. The van der Waals surface area contributed by atoms with Crippen LogP contribution < -0.4 is 0 Å². The number of fused-ring (bicyclic) bond motifs is 1. The highest BCUT2D eigenvalue weighted by molar-refractivity contribution is 6.31. The predicted molar refractivity (Wildman–Crippen MR) is 90.0 cm³/mol. The van der Waals surface area contributed by atoms with Gasteiger partial charge in [0, 0.05) is 23.0 Å². The summed E-state index contributed by atoms with van der Waals surface area (Å²) in [6.45, 7) is 4.24. The van der Waals surface area contributed by atoms with Crippen LogP contribution in [0, 0.1) is 13.8 Å². The molecule has 0 spiro atoms. The maximum atomic E-state index is 6.07. The van der Waals surface area contributed by atoms with Crippen LogP contribution in [0.25, 0.3) is 16.7 Å². The third-order valence-electron chi connectivity index (χ3n) is 3.75. The van der Waals surface area contributed by atoms with Crippen LogP contribution in [0.1, 0.15) is 17.0 Å². The fourth-order valence-electron chi connectivity index (χ4n) is 2.51. The Morgan fingerprint density at radius 2 is 1.86 bits per heavy atom. The van der Waals surface area contributed by atoms with Crippen LogP contribution in [-0.4, -0.2) is 15.4 Å². The number of imidazole rings is 1. The van der Waals surface area contributed by atoms with E-state index < -0.39 is 0 Å². The molecule has 0 aliphatic heterocycles. The van der Waals surface area contributed by atoms with Gasteiger partial charge in [-0.15, -0.1) is 11.6 Å². The second-order valence-electron chi connectivity index (χ2n) is 5.20. The summed E-state index contributed by atoms with van der Waals surface area (Å²) in [7, 11) is 0. The standard InChI is InChI=1S/C17H16Cl2N2/c1-11-3-5-14(9-12(11)2)21-16-6-4-13(19)10-15(16)20-17(21)7-8-18/h3-6,9-10H,7-8H2,1-2H3. The van der Waals surface area contributed by atoms with Crippen LogP contribution in [0.15, 0.2) is 36.4 Å². The van der Waals surface area contributed by atoms with Gasteiger partial charge in [0.05, 0.1) is 11.0 Å². The molecule has 0 saturated heterocycles. The molecule has 0 amide bonds. The molecule has 0 saturated carbocycles. The number of alkyl halides is 1. The van der Waals surface area contributed by atoms with Gasteiger partial charge in [-0.25, -0.2) is 4.98 Å². The number of halogens is 2. The zero-order valence-corrected chi connectivity index (χ0v) is 13.5. The molecule has 0 aliphatic carbocycles. The van der Waals surface area contributed by atoms with Crippen molar-refractivity contribution in [2.45, 2.75) is 20.3 Å². The van der Waals surface area contributed by atoms with Gasteiger partial charge in [-0.3, -0.25) is 4.57 Å². The molecule has 0 aliphatic rings. The van der Waals surface area contributed by atoms with Gasteiger partial charge in [0.25, 0.3) is 0 Å². The number of hydrogen-bond donors (Lipinski definition) is 0. The van der Waals surface area contributed by atoms with E-state index in [4.69, 9.17) is 23.2 Å². The fourth-order valence-corrected chi connectivity index (χ4v) is 2.84. The topological polar surface area (TPSA) is 17.8 Å². The van der Waals surface area contributed by atoms with E-state index in [1.165, 1.54) is 11.1 Å². The molecule has 2 nitrogen and oxygen atoms in total. The molecule has 3 aromatic rings. The molecule has 0 radical (unpaired) electrons. The molecule has 3 rings (SSSR count). The third kappa shape index (κ3) is 2.66. The Kier molecular flexibility index (Phi) is 3.92. The van der Waals surface area contributed by atoms with Crippen molar-refractivity contribution in [1.82, 2.24) is 9.55 Å². The highest BCUT2D eigenvalue weighted by Crippen LogP contribution is 2.26. The fraction of sp³-hybridized carbons (Fsp3) is 0.235. The van der Waals surface area contributed by atoms with Gasteiger partial charge >= 0.3 is 0 Å². The third-order valence-corrected chi connectivity index (χ3v) is 4.18. The van der Waals surface area contributed by atoms with Crippen molar-refractivity contribution in [3.8, 4) is 5.69 Å². The van der Waals surface area contributed by atoms with E-state index >= 15 is 0 Å². The Morgan fingerprint density at radius 3 is 2.57 bits per heavy atom. The minimum Gasteiger partial charge on any atom is -0.296 e. The molecular weight excluding hydrogens is 303 g/mol. The Hall–Kier alpha value is -1.51. The number of hydrogen-bond acceptors (Lipinski definition) is 1. The van der Waals surface area contributed by atoms with E-state index in [0.717, 1.165) is 29.0 Å². The minimum absolute atomic E-state index is 0.544. The van der Waals surface area contributed by atoms with Crippen LogP contribution >= 0.6 is 23.2 Å². The van der Waals surface area contributed by atoms with Gasteiger partial charge < -0.3 is 0 Å². The SMILES string of the molecule is Cc1ccc(-n2c(CCCl)nc3cc(Cl)ccc32)cc1C. The summed E-state index contributed by atoms with van der Waals surface area (Å²) < 4.78 is 2.17. The molecule has 1 heterocycles. The summed E-state index contributed by atoms with van der Waals surface area (Å²) in [6.07, 6.45) is 0.723. The summed E-state index contributed by atoms with van der Waals surface area (Å²) in [5.74, 6) is 1.51. The molecule has 4 heteroatoms. The molecule has 108 valence electrons. The summed E-state index contributed by atoms with van der Waals surface area (Å²) in [6, 6.07) is 12.2. The van der Waals surface area contributed by atoms with E-state index in [-0.39, 0.29) is 0 Å². The normalized spacial score (nSPS) is 11.2. The monoisotopic (exact) mass is 318 g/mol. The molecule has 0 bridgehead atoms. The summed E-state index contributed by atoms with van der Waals surface area (Å²) in [5, 5.41) is 0.699. The summed E-state index contributed by atoms with van der Waals surface area (Å²) in [5.41, 5.74) is 5.62. The molecular formula is C17H16Cl2N2. The van der Waals surface area contributed by atoms with E-state index in [1.807, 2.05) is 18.2 Å². The molecule has 2 aromatic carbocycles. The highest BCUT2D eigenvalue weighted by atomic mass is 35.5. The van der Waals surface area contributed by atoms with Crippen LogP contribution in [0.4, 0.5) is 0 Å². The van der Waals surface area contributed by atoms with Gasteiger partial charge in [-0.05, 0) is 55.3 Å². The van der Waals surface area contributed by atoms with E-state index in [9.17, 15) is 0 Å². The molecule has 0 unspecified atom stereocenters. The van der Waals surface area contributed by atoms with E-state index in [1.54, 1.807) is 0 Å². The smallest absolute Gasteiger partial charge is 0.115 e. The maximum absolute atomic E-state index is 6.07. The van der Waals surface area contributed by atoms with Gasteiger partial charge in [-0.2, -0.15) is 0 Å². The second-order valence-corrected chi connectivity index (χ2v) is 6.02. The van der Waals surface area contributed by atoms with Crippen molar-refractivity contribution < 1.29 is 0 Å².